The van der Waals surface area contributed by atoms with Crippen LogP contribution >= 0.6 is 0 Å². The number of carbonyl (C=O) groups is 1. The molecule has 26 heavy (non-hydrogen) atoms. The number of benzene rings is 3. The number of rotatable bonds is 1. The highest BCUT2D eigenvalue weighted by Gasteiger charge is 2.20. The molecule has 0 fully saturated rings. The maximum atomic E-state index is 12.4. The summed E-state index contributed by atoms with van der Waals surface area (Å²) in [7, 11) is 0. The Morgan fingerprint density at radius 2 is 1.77 bits per heavy atom. The Labute approximate surface area is 154 Å². The minimum atomic E-state index is -0.518. The molecule has 0 aliphatic heterocycles. The van der Waals surface area contributed by atoms with Crippen molar-refractivity contribution in [3.8, 4) is 0 Å². The smallest absolute Gasteiger partial charge is 0.412 e. The van der Waals surface area contributed by atoms with Crippen molar-refractivity contribution in [1.82, 2.24) is 0 Å². The minimum Gasteiger partial charge on any atom is -0.444 e. The van der Waals surface area contributed by atoms with Crippen LogP contribution in [0.3, 0.4) is 0 Å². The lowest BCUT2D eigenvalue weighted by Crippen LogP contribution is -2.27. The van der Waals surface area contributed by atoms with Crippen LogP contribution < -0.4 is 5.32 Å². The Kier molecular flexibility index (Phi) is 4.10. The number of amides is 1. The maximum absolute atomic E-state index is 12.4. The molecular weight excluding hydrogens is 322 g/mol. The average molecular weight is 347 g/mol. The molecular formula is C23H25NO2. The van der Waals surface area contributed by atoms with Gasteiger partial charge in [-0.3, -0.25) is 5.32 Å². The zero-order chi connectivity index (χ0) is 18.3. The Bertz CT molecular complexity index is 998. The summed E-state index contributed by atoms with van der Waals surface area (Å²) in [4.78, 5) is 12.4. The van der Waals surface area contributed by atoms with Crippen LogP contribution in [0.15, 0.2) is 42.5 Å². The van der Waals surface area contributed by atoms with Gasteiger partial charge in [0.1, 0.15) is 5.60 Å². The molecule has 0 saturated carbocycles. The van der Waals surface area contributed by atoms with Crippen molar-refractivity contribution in [1.29, 1.82) is 0 Å². The van der Waals surface area contributed by atoms with Crippen molar-refractivity contribution in [2.45, 2.75) is 52.1 Å². The van der Waals surface area contributed by atoms with Gasteiger partial charge in [0.25, 0.3) is 0 Å². The highest BCUT2D eigenvalue weighted by Crippen LogP contribution is 2.38. The van der Waals surface area contributed by atoms with E-state index in [0.29, 0.717) is 0 Å². The van der Waals surface area contributed by atoms with Gasteiger partial charge in [0.15, 0.2) is 0 Å². The molecule has 0 spiro atoms. The van der Waals surface area contributed by atoms with Gasteiger partial charge in [-0.15, -0.1) is 0 Å². The predicted octanol–water partition coefficient (Wildman–Crippen LogP) is 6.22. The molecule has 0 radical (unpaired) electrons. The summed E-state index contributed by atoms with van der Waals surface area (Å²) in [6.45, 7) is 5.65. The number of fused-ring (bicyclic) bond motifs is 5. The van der Waals surface area contributed by atoms with E-state index in [-0.39, 0.29) is 0 Å². The van der Waals surface area contributed by atoms with Crippen molar-refractivity contribution in [3.05, 3.63) is 53.6 Å². The highest BCUT2D eigenvalue weighted by molar-refractivity contribution is 6.16. The van der Waals surface area contributed by atoms with Crippen molar-refractivity contribution < 1.29 is 9.53 Å². The first-order chi connectivity index (χ1) is 12.4. The van der Waals surface area contributed by atoms with Gasteiger partial charge >= 0.3 is 6.09 Å². The van der Waals surface area contributed by atoms with E-state index < -0.39 is 11.7 Å². The first-order valence-electron chi connectivity index (χ1n) is 9.38. The van der Waals surface area contributed by atoms with E-state index in [2.05, 4.69) is 41.7 Å². The van der Waals surface area contributed by atoms with E-state index >= 15 is 0 Å². The average Bonchev–Trinajstić information content (AvgIpc) is 2.59. The first kappa shape index (κ1) is 16.9. The van der Waals surface area contributed by atoms with E-state index in [1.54, 1.807) is 0 Å². The normalized spacial score (nSPS) is 14.3. The third-order valence-corrected chi connectivity index (χ3v) is 4.99. The summed E-state index contributed by atoms with van der Waals surface area (Å²) in [5.74, 6) is 0. The summed E-state index contributed by atoms with van der Waals surface area (Å²) >= 11 is 0. The highest BCUT2D eigenvalue weighted by atomic mass is 16.6. The second-order valence-electron chi connectivity index (χ2n) is 8.11. The third kappa shape index (κ3) is 3.14. The predicted molar refractivity (Wildman–Crippen MR) is 108 cm³/mol. The maximum Gasteiger partial charge on any atom is 0.412 e. The topological polar surface area (TPSA) is 38.3 Å². The molecule has 0 saturated heterocycles. The van der Waals surface area contributed by atoms with Gasteiger partial charge in [-0.2, -0.15) is 0 Å². The summed E-state index contributed by atoms with van der Waals surface area (Å²) in [6.07, 6.45) is 4.21. The van der Waals surface area contributed by atoms with Crippen LogP contribution in [-0.4, -0.2) is 11.7 Å². The number of ether oxygens (including phenoxy) is 1. The molecule has 1 N–H and O–H groups in total. The Balaban J connectivity index is 1.92. The van der Waals surface area contributed by atoms with Gasteiger partial charge in [0, 0.05) is 5.39 Å². The van der Waals surface area contributed by atoms with E-state index in [9.17, 15) is 4.79 Å². The fourth-order valence-corrected chi connectivity index (χ4v) is 3.97. The van der Waals surface area contributed by atoms with E-state index in [0.717, 1.165) is 23.9 Å². The van der Waals surface area contributed by atoms with E-state index in [1.165, 1.54) is 40.1 Å². The monoisotopic (exact) mass is 347 g/mol. The molecule has 1 aliphatic rings. The molecule has 1 amide bonds. The first-order valence-corrected chi connectivity index (χ1v) is 9.38. The van der Waals surface area contributed by atoms with Gasteiger partial charge < -0.3 is 4.74 Å². The second kappa shape index (κ2) is 6.31. The summed E-state index contributed by atoms with van der Waals surface area (Å²) < 4.78 is 5.50. The Morgan fingerprint density at radius 1 is 1.00 bits per heavy atom. The lowest BCUT2D eigenvalue weighted by molar-refractivity contribution is 0.0636. The number of carbonyl (C=O) groups excluding carboxylic acids is 1. The SMILES string of the molecule is CC(C)(C)OC(=O)Nc1cc2ccccc2c2ccc3c(c12)CCCC3. The molecule has 3 aromatic rings. The summed E-state index contributed by atoms with van der Waals surface area (Å²) in [5.41, 5.74) is 3.12. The molecule has 4 rings (SSSR count). The van der Waals surface area contributed by atoms with Gasteiger partial charge in [-0.1, -0.05) is 36.4 Å². The van der Waals surface area contributed by atoms with Gasteiger partial charge in [0.2, 0.25) is 0 Å². The van der Waals surface area contributed by atoms with E-state index in [4.69, 9.17) is 4.74 Å². The van der Waals surface area contributed by atoms with Crippen LogP contribution in [0.2, 0.25) is 0 Å². The van der Waals surface area contributed by atoms with Crippen molar-refractivity contribution in [3.63, 3.8) is 0 Å². The number of hydrogen-bond acceptors (Lipinski definition) is 2. The second-order valence-corrected chi connectivity index (χ2v) is 8.11. The quantitative estimate of drug-likeness (QED) is 0.531. The Morgan fingerprint density at radius 3 is 2.58 bits per heavy atom. The number of nitrogens with one attached hydrogen (secondary N) is 1. The fraction of sp³-hybridized carbons (Fsp3) is 0.348. The molecule has 1 aliphatic carbocycles. The zero-order valence-corrected chi connectivity index (χ0v) is 15.7. The summed E-state index contributed by atoms with van der Waals surface area (Å²) in [5, 5.41) is 7.75. The zero-order valence-electron chi connectivity index (χ0n) is 15.7. The number of aryl methyl sites for hydroxylation is 2. The molecule has 0 aromatic heterocycles. The standard InChI is InChI=1S/C23H25NO2/c1-23(2,3)26-22(25)24-20-14-16-9-5-6-10-17(16)19-13-12-15-8-4-7-11-18(15)21(19)20/h5-6,9-10,12-14H,4,7-8,11H2,1-3H3,(H,24,25). The molecule has 0 unspecified atom stereocenters. The molecule has 0 atom stereocenters. The van der Waals surface area contributed by atoms with Crippen LogP contribution in [0.5, 0.6) is 0 Å². The van der Waals surface area contributed by atoms with Crippen LogP contribution in [0.1, 0.15) is 44.7 Å². The molecule has 3 heteroatoms. The lowest BCUT2D eigenvalue weighted by atomic mass is 9.85. The number of hydrogen-bond donors (Lipinski definition) is 1. The van der Waals surface area contributed by atoms with Crippen molar-refractivity contribution in [2.24, 2.45) is 0 Å². The molecule has 3 aromatic carbocycles. The van der Waals surface area contributed by atoms with Crippen LogP contribution in [0.4, 0.5) is 10.5 Å². The summed E-state index contributed by atoms with van der Waals surface area (Å²) in [6, 6.07) is 14.9. The molecule has 134 valence electrons. The Hall–Kier alpha value is -2.55. The largest absolute Gasteiger partial charge is 0.444 e. The number of anilines is 1. The van der Waals surface area contributed by atoms with Crippen molar-refractivity contribution >= 4 is 33.3 Å². The third-order valence-electron chi connectivity index (χ3n) is 4.99. The van der Waals surface area contributed by atoms with E-state index in [1.807, 2.05) is 26.8 Å². The molecule has 0 heterocycles. The van der Waals surface area contributed by atoms with Gasteiger partial charge in [-0.25, -0.2) is 4.79 Å². The molecule has 3 nitrogen and oxygen atoms in total. The van der Waals surface area contributed by atoms with Crippen LogP contribution in [0.25, 0.3) is 21.5 Å². The van der Waals surface area contributed by atoms with Crippen LogP contribution in [0, 0.1) is 0 Å². The fourth-order valence-electron chi connectivity index (χ4n) is 3.97. The lowest BCUT2D eigenvalue weighted by Gasteiger charge is -2.23. The minimum absolute atomic E-state index is 0.400. The van der Waals surface area contributed by atoms with Crippen molar-refractivity contribution in [2.75, 3.05) is 5.32 Å². The van der Waals surface area contributed by atoms with Crippen LogP contribution in [-0.2, 0) is 17.6 Å². The van der Waals surface area contributed by atoms with Gasteiger partial charge in [0.05, 0.1) is 5.69 Å². The van der Waals surface area contributed by atoms with Gasteiger partial charge in [-0.05, 0) is 79.8 Å². The molecule has 0 bridgehead atoms.